The average Bonchev–Trinajstić information content (AvgIpc) is 2.51. The second-order valence-electron chi connectivity index (χ2n) is 5.78. The Kier molecular flexibility index (Phi) is 3.70. The molecule has 21 heavy (non-hydrogen) atoms. The summed E-state index contributed by atoms with van der Waals surface area (Å²) in [6.07, 6.45) is 0. The van der Waals surface area contributed by atoms with E-state index < -0.39 is 0 Å². The summed E-state index contributed by atoms with van der Waals surface area (Å²) in [4.78, 5) is 4.71. The lowest BCUT2D eigenvalue weighted by atomic mass is 9.93. The van der Waals surface area contributed by atoms with Crippen molar-refractivity contribution < 1.29 is 0 Å². The van der Waals surface area contributed by atoms with Crippen molar-refractivity contribution in [1.29, 1.82) is 0 Å². The monoisotopic (exact) mass is 278 g/mol. The Balaban J connectivity index is 2.00. The van der Waals surface area contributed by atoms with Crippen LogP contribution in [0.2, 0.25) is 0 Å². The Bertz CT molecular complexity index is 590. The summed E-state index contributed by atoms with van der Waals surface area (Å²) in [6.45, 7) is 3.23. The molecular formula is C19H22N2. The number of rotatable bonds is 4. The maximum Gasteiger partial charge on any atom is 0.0797 e. The van der Waals surface area contributed by atoms with Crippen LogP contribution in [-0.4, -0.2) is 30.4 Å². The summed E-state index contributed by atoms with van der Waals surface area (Å²) in [5.41, 5.74) is 5.49. The van der Waals surface area contributed by atoms with E-state index in [-0.39, 0.29) is 0 Å². The number of hydrogen-bond donors (Lipinski definition) is 0. The van der Waals surface area contributed by atoms with Gasteiger partial charge >= 0.3 is 0 Å². The molecule has 0 bridgehead atoms. The highest BCUT2D eigenvalue weighted by Crippen LogP contribution is 2.38. The fourth-order valence-electron chi connectivity index (χ4n) is 3.04. The molecule has 0 radical (unpaired) electrons. The zero-order valence-corrected chi connectivity index (χ0v) is 13.0. The number of likely N-dealkylation sites (N-methyl/N-ethyl adjacent to an activating group) is 1. The highest BCUT2D eigenvalue weighted by molar-refractivity contribution is 5.36. The molecule has 1 aliphatic rings. The predicted molar refractivity (Wildman–Crippen MR) is 87.8 cm³/mol. The standard InChI is InChI=1S/C19H22N2/c1-15-18(20(2)3)14-21(15)19(16-10-6-4-7-11-16)17-12-8-5-9-13-17/h4-13,19H,14H2,1-3H3. The van der Waals surface area contributed by atoms with Gasteiger partial charge in [0.1, 0.15) is 0 Å². The van der Waals surface area contributed by atoms with Gasteiger partial charge in [-0.05, 0) is 18.1 Å². The van der Waals surface area contributed by atoms with Crippen LogP contribution in [0, 0.1) is 0 Å². The lowest BCUT2D eigenvalue weighted by Gasteiger charge is -2.45. The van der Waals surface area contributed by atoms with Gasteiger partial charge in [-0.3, -0.25) is 0 Å². The molecule has 0 saturated carbocycles. The van der Waals surface area contributed by atoms with Crippen LogP contribution in [-0.2, 0) is 0 Å². The molecule has 0 unspecified atom stereocenters. The summed E-state index contributed by atoms with van der Waals surface area (Å²) < 4.78 is 0. The maximum atomic E-state index is 2.49. The Labute approximate surface area is 127 Å². The Morgan fingerprint density at radius 1 is 0.857 bits per heavy atom. The molecule has 0 fully saturated rings. The average molecular weight is 278 g/mol. The largest absolute Gasteiger partial charge is 0.378 e. The van der Waals surface area contributed by atoms with Crippen LogP contribution in [0.15, 0.2) is 72.1 Å². The second-order valence-corrected chi connectivity index (χ2v) is 5.78. The molecule has 0 N–H and O–H groups in total. The molecule has 0 amide bonds. The molecule has 2 nitrogen and oxygen atoms in total. The first kappa shape index (κ1) is 13.7. The second kappa shape index (κ2) is 5.65. The smallest absolute Gasteiger partial charge is 0.0797 e. The highest BCUT2D eigenvalue weighted by atomic mass is 15.3. The van der Waals surface area contributed by atoms with E-state index in [0.29, 0.717) is 6.04 Å². The maximum absolute atomic E-state index is 2.49. The van der Waals surface area contributed by atoms with Gasteiger partial charge in [-0.2, -0.15) is 0 Å². The fourth-order valence-corrected chi connectivity index (χ4v) is 3.04. The van der Waals surface area contributed by atoms with Gasteiger partial charge in [0.05, 0.1) is 18.3 Å². The van der Waals surface area contributed by atoms with Gasteiger partial charge in [0.15, 0.2) is 0 Å². The molecule has 1 heterocycles. The minimum atomic E-state index is 0.302. The zero-order valence-electron chi connectivity index (χ0n) is 13.0. The quantitative estimate of drug-likeness (QED) is 0.837. The van der Waals surface area contributed by atoms with Gasteiger partial charge in [0.2, 0.25) is 0 Å². The molecule has 0 atom stereocenters. The summed E-state index contributed by atoms with van der Waals surface area (Å²) in [5.74, 6) is 0. The summed E-state index contributed by atoms with van der Waals surface area (Å²) in [6, 6.07) is 21.8. The number of allylic oxidation sites excluding steroid dienone is 1. The lowest BCUT2D eigenvalue weighted by Crippen LogP contribution is -2.43. The number of benzene rings is 2. The molecule has 2 heteroatoms. The molecule has 0 spiro atoms. The normalized spacial score (nSPS) is 14.4. The fraction of sp³-hybridized carbons (Fsp3) is 0.263. The number of nitrogens with zero attached hydrogens (tertiary/aromatic N) is 2. The van der Waals surface area contributed by atoms with E-state index in [9.17, 15) is 0 Å². The lowest BCUT2D eigenvalue weighted by molar-refractivity contribution is 0.220. The zero-order chi connectivity index (χ0) is 14.8. The third-order valence-electron chi connectivity index (χ3n) is 4.25. The van der Waals surface area contributed by atoms with E-state index in [1.165, 1.54) is 22.5 Å². The van der Waals surface area contributed by atoms with Gasteiger partial charge in [0.25, 0.3) is 0 Å². The first-order valence-electron chi connectivity index (χ1n) is 7.42. The Hall–Kier alpha value is -2.22. The van der Waals surface area contributed by atoms with Gasteiger partial charge in [-0.25, -0.2) is 0 Å². The Morgan fingerprint density at radius 2 is 1.33 bits per heavy atom. The third-order valence-corrected chi connectivity index (χ3v) is 4.25. The van der Waals surface area contributed by atoms with E-state index in [4.69, 9.17) is 0 Å². The minimum Gasteiger partial charge on any atom is -0.378 e. The van der Waals surface area contributed by atoms with Crippen molar-refractivity contribution in [3.63, 3.8) is 0 Å². The van der Waals surface area contributed by atoms with Crippen LogP contribution in [0.1, 0.15) is 24.1 Å². The van der Waals surface area contributed by atoms with E-state index in [1.54, 1.807) is 0 Å². The molecule has 2 aromatic rings. The van der Waals surface area contributed by atoms with Crippen LogP contribution in [0.4, 0.5) is 0 Å². The van der Waals surface area contributed by atoms with Crippen LogP contribution in [0.5, 0.6) is 0 Å². The summed E-state index contributed by atoms with van der Waals surface area (Å²) in [5, 5.41) is 0. The molecule has 3 rings (SSSR count). The first-order chi connectivity index (χ1) is 10.2. The molecule has 2 aromatic carbocycles. The first-order valence-corrected chi connectivity index (χ1v) is 7.42. The summed E-state index contributed by atoms with van der Waals surface area (Å²) >= 11 is 0. The van der Waals surface area contributed by atoms with Crippen molar-refractivity contribution in [1.82, 2.24) is 9.80 Å². The molecule has 108 valence electrons. The SMILES string of the molecule is CC1=C(N(C)C)CN1C(c1ccccc1)c1ccccc1. The minimum absolute atomic E-state index is 0.302. The molecular weight excluding hydrogens is 256 g/mol. The van der Waals surface area contributed by atoms with Crippen molar-refractivity contribution in [2.75, 3.05) is 20.6 Å². The predicted octanol–water partition coefficient (Wildman–Crippen LogP) is 3.88. The van der Waals surface area contributed by atoms with Gasteiger partial charge in [-0.1, -0.05) is 60.7 Å². The van der Waals surface area contributed by atoms with Crippen LogP contribution in [0.3, 0.4) is 0 Å². The van der Waals surface area contributed by atoms with Crippen molar-refractivity contribution >= 4 is 0 Å². The van der Waals surface area contributed by atoms with Crippen LogP contribution < -0.4 is 0 Å². The number of hydrogen-bond acceptors (Lipinski definition) is 2. The molecule has 0 aliphatic carbocycles. The summed E-state index contributed by atoms with van der Waals surface area (Å²) in [7, 11) is 4.24. The third kappa shape index (κ3) is 2.54. The Morgan fingerprint density at radius 3 is 1.71 bits per heavy atom. The van der Waals surface area contributed by atoms with Crippen LogP contribution in [0.25, 0.3) is 0 Å². The molecule has 0 saturated heterocycles. The molecule has 1 aliphatic heterocycles. The van der Waals surface area contributed by atoms with E-state index >= 15 is 0 Å². The van der Waals surface area contributed by atoms with Crippen molar-refractivity contribution in [3.8, 4) is 0 Å². The van der Waals surface area contributed by atoms with Crippen LogP contribution >= 0.6 is 0 Å². The van der Waals surface area contributed by atoms with Gasteiger partial charge < -0.3 is 9.80 Å². The van der Waals surface area contributed by atoms with Gasteiger partial charge in [-0.15, -0.1) is 0 Å². The topological polar surface area (TPSA) is 6.48 Å². The van der Waals surface area contributed by atoms with Crippen molar-refractivity contribution in [2.24, 2.45) is 0 Å². The highest BCUT2D eigenvalue weighted by Gasteiger charge is 2.32. The molecule has 0 aromatic heterocycles. The van der Waals surface area contributed by atoms with E-state index in [2.05, 4.69) is 91.5 Å². The van der Waals surface area contributed by atoms with Gasteiger partial charge in [0, 0.05) is 19.8 Å². The van der Waals surface area contributed by atoms with E-state index in [0.717, 1.165) is 6.54 Å². The van der Waals surface area contributed by atoms with E-state index in [1.807, 2.05) is 0 Å². The van der Waals surface area contributed by atoms with Crippen molar-refractivity contribution in [2.45, 2.75) is 13.0 Å². The van der Waals surface area contributed by atoms with Crippen molar-refractivity contribution in [3.05, 3.63) is 83.2 Å².